The summed E-state index contributed by atoms with van der Waals surface area (Å²) in [6.07, 6.45) is 7.16. The molecule has 0 heterocycles. The summed E-state index contributed by atoms with van der Waals surface area (Å²) in [5.41, 5.74) is 5.13. The molecule has 0 spiro atoms. The van der Waals surface area contributed by atoms with Gasteiger partial charge in [0.15, 0.2) is 0 Å². The lowest BCUT2D eigenvalue weighted by Crippen LogP contribution is -2.06. The Morgan fingerprint density at radius 3 is 1.46 bits per heavy atom. The largest absolute Gasteiger partial charge is 0.207 e. The second-order valence-corrected chi connectivity index (χ2v) is 7.27. The van der Waals surface area contributed by atoms with E-state index in [9.17, 15) is 8.78 Å². The fraction of sp³-hybridized carbons (Fsp3) is 0.455. The van der Waals surface area contributed by atoms with Crippen molar-refractivity contribution in [2.75, 3.05) is 0 Å². The average molecular weight is 401 g/mol. The first-order valence-electron chi connectivity index (χ1n) is 9.11. The van der Waals surface area contributed by atoms with E-state index in [0.29, 0.717) is 11.8 Å². The molecule has 144 valence electrons. The Bertz CT molecular complexity index is 654. The van der Waals surface area contributed by atoms with E-state index in [1.165, 1.54) is 47.9 Å². The molecule has 2 aliphatic carbocycles. The quantitative estimate of drug-likeness (QED) is 0.432. The lowest BCUT2D eigenvalue weighted by atomic mass is 9.84. The number of halogens is 4. The normalized spacial score (nSPS) is 20.3. The summed E-state index contributed by atoms with van der Waals surface area (Å²) in [6.45, 7) is 4.36. The Labute approximate surface area is 168 Å². The summed E-state index contributed by atoms with van der Waals surface area (Å²) in [5, 5.41) is 0. The Kier molecular flexibility index (Phi) is 9.06. The van der Waals surface area contributed by atoms with Gasteiger partial charge in [-0.2, -0.15) is 0 Å². The molecule has 0 radical (unpaired) electrons. The number of fused-ring (bicyclic) bond motifs is 2. The highest BCUT2D eigenvalue weighted by Crippen LogP contribution is 2.32. The van der Waals surface area contributed by atoms with Crippen molar-refractivity contribution in [3.05, 3.63) is 70.3 Å². The SMILES string of the molecule is C[C@@H]1CCCc2ccc(F)cc21.C[C@H]1CCCc2ccc(F)cc21.Cl.Cl. The third-order valence-corrected chi connectivity index (χ3v) is 5.44. The van der Waals surface area contributed by atoms with Crippen molar-refractivity contribution in [2.45, 2.75) is 64.2 Å². The Balaban J connectivity index is 0.000000241. The van der Waals surface area contributed by atoms with Gasteiger partial charge in [0.25, 0.3) is 0 Å². The standard InChI is InChI=1S/2C11H13F.2ClH/c2*1-8-3-2-4-9-5-6-10(12)7-11(8)9;;/h2*5-8H,2-4H2,1H3;2*1H/t2*8-;;/m10../s1. The van der Waals surface area contributed by atoms with Crippen molar-refractivity contribution in [3.63, 3.8) is 0 Å². The summed E-state index contributed by atoms with van der Waals surface area (Å²) in [5.74, 6) is 0.902. The molecular weight excluding hydrogens is 373 g/mol. The zero-order valence-corrected chi connectivity index (χ0v) is 17.1. The molecule has 0 amide bonds. The van der Waals surface area contributed by atoms with Crippen LogP contribution in [0.25, 0.3) is 0 Å². The van der Waals surface area contributed by atoms with Crippen LogP contribution in [0.15, 0.2) is 36.4 Å². The third kappa shape index (κ3) is 5.44. The highest BCUT2D eigenvalue weighted by molar-refractivity contribution is 5.85. The molecule has 0 unspecified atom stereocenters. The van der Waals surface area contributed by atoms with Gasteiger partial charge in [-0.3, -0.25) is 0 Å². The van der Waals surface area contributed by atoms with Crippen molar-refractivity contribution in [2.24, 2.45) is 0 Å². The summed E-state index contributed by atoms with van der Waals surface area (Å²) in [4.78, 5) is 0. The second kappa shape index (κ2) is 10.3. The lowest BCUT2D eigenvalue weighted by molar-refractivity contribution is 0.572. The summed E-state index contributed by atoms with van der Waals surface area (Å²) in [6, 6.07) is 10.4. The van der Waals surface area contributed by atoms with Crippen molar-refractivity contribution in [3.8, 4) is 0 Å². The molecule has 26 heavy (non-hydrogen) atoms. The summed E-state index contributed by atoms with van der Waals surface area (Å²) < 4.78 is 25.7. The molecule has 2 atom stereocenters. The number of rotatable bonds is 0. The van der Waals surface area contributed by atoms with Gasteiger partial charge in [0.1, 0.15) is 11.6 Å². The van der Waals surface area contributed by atoms with Crippen LogP contribution in [0, 0.1) is 11.6 Å². The molecule has 4 heteroatoms. The van der Waals surface area contributed by atoms with Crippen LogP contribution >= 0.6 is 24.8 Å². The average Bonchev–Trinajstić information content (AvgIpc) is 2.57. The van der Waals surface area contributed by atoms with Crippen LogP contribution < -0.4 is 0 Å². The van der Waals surface area contributed by atoms with Crippen LogP contribution in [0.1, 0.15) is 73.6 Å². The maximum absolute atomic E-state index is 12.9. The van der Waals surface area contributed by atoms with E-state index in [2.05, 4.69) is 13.8 Å². The van der Waals surface area contributed by atoms with Crippen molar-refractivity contribution in [1.82, 2.24) is 0 Å². The summed E-state index contributed by atoms with van der Waals surface area (Å²) in [7, 11) is 0. The molecular formula is C22H28Cl2F2. The first kappa shape index (κ1) is 22.9. The molecule has 0 aromatic heterocycles. The highest BCUT2D eigenvalue weighted by Gasteiger charge is 2.17. The van der Waals surface area contributed by atoms with E-state index in [0.717, 1.165) is 12.8 Å². The Morgan fingerprint density at radius 1 is 0.692 bits per heavy atom. The van der Waals surface area contributed by atoms with Crippen LogP contribution in [-0.4, -0.2) is 0 Å². The van der Waals surface area contributed by atoms with E-state index in [4.69, 9.17) is 0 Å². The minimum Gasteiger partial charge on any atom is -0.207 e. The van der Waals surface area contributed by atoms with Crippen molar-refractivity contribution in [1.29, 1.82) is 0 Å². The third-order valence-electron chi connectivity index (χ3n) is 5.44. The Hall–Kier alpha value is -1.12. The van der Waals surface area contributed by atoms with Gasteiger partial charge in [-0.25, -0.2) is 8.78 Å². The number of hydrogen-bond acceptors (Lipinski definition) is 0. The molecule has 0 bridgehead atoms. The smallest absolute Gasteiger partial charge is 0.123 e. The van der Waals surface area contributed by atoms with Gasteiger partial charge in [-0.1, -0.05) is 26.0 Å². The topological polar surface area (TPSA) is 0 Å². The lowest BCUT2D eigenvalue weighted by Gasteiger charge is -2.21. The van der Waals surface area contributed by atoms with E-state index in [1.807, 2.05) is 12.1 Å². The number of hydrogen-bond donors (Lipinski definition) is 0. The van der Waals surface area contributed by atoms with Crippen LogP contribution in [0.2, 0.25) is 0 Å². The fourth-order valence-electron chi connectivity index (χ4n) is 4.01. The van der Waals surface area contributed by atoms with Crippen LogP contribution in [-0.2, 0) is 12.8 Å². The minimum absolute atomic E-state index is 0. The first-order valence-corrected chi connectivity index (χ1v) is 9.11. The summed E-state index contributed by atoms with van der Waals surface area (Å²) >= 11 is 0. The highest BCUT2D eigenvalue weighted by atomic mass is 35.5. The molecule has 0 saturated heterocycles. The van der Waals surface area contributed by atoms with E-state index in [-0.39, 0.29) is 36.4 Å². The van der Waals surface area contributed by atoms with Gasteiger partial charge in [0.05, 0.1) is 0 Å². The fourth-order valence-corrected chi connectivity index (χ4v) is 4.01. The van der Waals surface area contributed by atoms with E-state index in [1.54, 1.807) is 24.3 Å². The molecule has 2 aliphatic rings. The molecule has 2 aromatic carbocycles. The molecule has 0 saturated carbocycles. The predicted octanol–water partition coefficient (Wildman–Crippen LogP) is 7.37. The molecule has 0 fully saturated rings. The monoisotopic (exact) mass is 400 g/mol. The van der Waals surface area contributed by atoms with E-state index >= 15 is 0 Å². The number of aryl methyl sites for hydroxylation is 2. The van der Waals surface area contributed by atoms with Crippen LogP contribution in [0.3, 0.4) is 0 Å². The van der Waals surface area contributed by atoms with Gasteiger partial charge in [-0.15, -0.1) is 24.8 Å². The van der Waals surface area contributed by atoms with Crippen molar-refractivity contribution >= 4 is 24.8 Å². The minimum atomic E-state index is -0.0949. The van der Waals surface area contributed by atoms with Gasteiger partial charge < -0.3 is 0 Å². The second-order valence-electron chi connectivity index (χ2n) is 7.27. The molecule has 0 N–H and O–H groups in total. The van der Waals surface area contributed by atoms with Gasteiger partial charge in [-0.05, 0) is 96.9 Å². The van der Waals surface area contributed by atoms with E-state index < -0.39 is 0 Å². The van der Waals surface area contributed by atoms with Crippen molar-refractivity contribution < 1.29 is 8.78 Å². The molecule has 2 aromatic rings. The van der Waals surface area contributed by atoms with Crippen LogP contribution in [0.4, 0.5) is 8.78 Å². The zero-order valence-electron chi connectivity index (χ0n) is 15.4. The maximum Gasteiger partial charge on any atom is 0.123 e. The zero-order chi connectivity index (χ0) is 17.1. The molecule has 0 aliphatic heterocycles. The Morgan fingerprint density at radius 2 is 1.08 bits per heavy atom. The van der Waals surface area contributed by atoms with Gasteiger partial charge >= 0.3 is 0 Å². The molecule has 0 nitrogen and oxygen atoms in total. The number of benzene rings is 2. The maximum atomic E-state index is 12.9. The van der Waals surface area contributed by atoms with Gasteiger partial charge in [0.2, 0.25) is 0 Å². The predicted molar refractivity (Wildman–Crippen MR) is 110 cm³/mol. The first-order chi connectivity index (χ1) is 11.5. The molecule has 4 rings (SSSR count). The van der Waals surface area contributed by atoms with Crippen LogP contribution in [0.5, 0.6) is 0 Å². The van der Waals surface area contributed by atoms with Gasteiger partial charge in [0, 0.05) is 0 Å².